The lowest BCUT2D eigenvalue weighted by Gasteiger charge is -2.22. The standard InChI is InChI=1S/C14H21N5O2/c1-10(11(2)19-7-5-6-16-19)15-9-12-8-13(20)18(4)14(21)17(12)3/h5-8,10-11,15H,9H2,1-4H3/t10-,11-/m0/s1. The van der Waals surface area contributed by atoms with Crippen molar-refractivity contribution in [2.45, 2.75) is 32.5 Å². The Hall–Kier alpha value is -2.15. The van der Waals surface area contributed by atoms with Crippen LogP contribution in [0.2, 0.25) is 0 Å². The Kier molecular flexibility index (Phi) is 4.42. The first kappa shape index (κ1) is 15.2. The molecule has 2 heterocycles. The highest BCUT2D eigenvalue weighted by Gasteiger charge is 2.14. The normalized spacial score (nSPS) is 14.1. The Morgan fingerprint density at radius 3 is 2.57 bits per heavy atom. The van der Waals surface area contributed by atoms with E-state index in [1.54, 1.807) is 13.2 Å². The molecular weight excluding hydrogens is 270 g/mol. The van der Waals surface area contributed by atoms with Gasteiger partial charge in [-0.25, -0.2) is 4.79 Å². The molecule has 7 nitrogen and oxygen atoms in total. The second-order valence-corrected chi connectivity index (χ2v) is 5.27. The van der Waals surface area contributed by atoms with Crippen molar-refractivity contribution in [3.8, 4) is 0 Å². The SMILES string of the molecule is C[C@H](NCc1cc(=O)n(C)c(=O)n1C)[C@H](C)n1cccn1. The molecule has 0 bridgehead atoms. The number of hydrogen-bond acceptors (Lipinski definition) is 4. The Bertz CT molecular complexity index is 714. The highest BCUT2D eigenvalue weighted by atomic mass is 16.2. The fourth-order valence-electron chi connectivity index (χ4n) is 2.13. The van der Waals surface area contributed by atoms with Crippen molar-refractivity contribution < 1.29 is 0 Å². The molecule has 2 aromatic heterocycles. The summed E-state index contributed by atoms with van der Waals surface area (Å²) in [6.45, 7) is 4.56. The van der Waals surface area contributed by atoms with Crippen LogP contribution in [0.15, 0.2) is 34.1 Å². The summed E-state index contributed by atoms with van der Waals surface area (Å²) in [7, 11) is 3.14. The number of rotatable bonds is 5. The minimum absolute atomic E-state index is 0.143. The molecule has 0 aliphatic carbocycles. The maximum atomic E-state index is 11.9. The first-order valence-corrected chi connectivity index (χ1v) is 6.90. The zero-order valence-corrected chi connectivity index (χ0v) is 12.8. The van der Waals surface area contributed by atoms with Crippen molar-refractivity contribution in [1.82, 2.24) is 24.2 Å². The first-order valence-electron chi connectivity index (χ1n) is 6.90. The van der Waals surface area contributed by atoms with E-state index in [-0.39, 0.29) is 23.3 Å². The third-order valence-corrected chi connectivity index (χ3v) is 3.90. The molecule has 0 amide bonds. The first-order chi connectivity index (χ1) is 9.91. The van der Waals surface area contributed by atoms with Gasteiger partial charge in [0.1, 0.15) is 0 Å². The van der Waals surface area contributed by atoms with Gasteiger partial charge in [0.25, 0.3) is 5.56 Å². The van der Waals surface area contributed by atoms with Gasteiger partial charge >= 0.3 is 5.69 Å². The smallest absolute Gasteiger partial charge is 0.307 e. The molecule has 0 unspecified atom stereocenters. The molecule has 114 valence electrons. The van der Waals surface area contributed by atoms with Gasteiger partial charge in [0, 0.05) is 50.8 Å². The monoisotopic (exact) mass is 291 g/mol. The maximum Gasteiger partial charge on any atom is 0.330 e. The van der Waals surface area contributed by atoms with Crippen LogP contribution in [0.3, 0.4) is 0 Å². The molecule has 0 aliphatic rings. The van der Waals surface area contributed by atoms with Gasteiger partial charge in [0.2, 0.25) is 0 Å². The van der Waals surface area contributed by atoms with E-state index in [0.29, 0.717) is 12.2 Å². The van der Waals surface area contributed by atoms with Crippen molar-refractivity contribution in [3.63, 3.8) is 0 Å². The number of nitrogens with one attached hydrogen (secondary N) is 1. The molecule has 1 N–H and O–H groups in total. The van der Waals surface area contributed by atoms with Crippen molar-refractivity contribution in [2.75, 3.05) is 0 Å². The Morgan fingerprint density at radius 2 is 1.95 bits per heavy atom. The van der Waals surface area contributed by atoms with Crippen LogP contribution >= 0.6 is 0 Å². The molecule has 0 saturated carbocycles. The highest BCUT2D eigenvalue weighted by Crippen LogP contribution is 2.09. The van der Waals surface area contributed by atoms with Crippen molar-refractivity contribution in [1.29, 1.82) is 0 Å². The van der Waals surface area contributed by atoms with Crippen LogP contribution in [0.1, 0.15) is 25.6 Å². The molecule has 0 fully saturated rings. The third-order valence-electron chi connectivity index (χ3n) is 3.90. The van der Waals surface area contributed by atoms with Crippen LogP contribution in [0.25, 0.3) is 0 Å². The number of aromatic nitrogens is 4. The molecule has 21 heavy (non-hydrogen) atoms. The van der Waals surface area contributed by atoms with Gasteiger partial charge in [0.15, 0.2) is 0 Å². The lowest BCUT2D eigenvalue weighted by atomic mass is 10.1. The van der Waals surface area contributed by atoms with Gasteiger partial charge in [-0.1, -0.05) is 0 Å². The second-order valence-electron chi connectivity index (χ2n) is 5.27. The zero-order valence-electron chi connectivity index (χ0n) is 12.8. The predicted molar refractivity (Wildman–Crippen MR) is 80.2 cm³/mol. The molecule has 0 aromatic carbocycles. The van der Waals surface area contributed by atoms with E-state index in [1.165, 1.54) is 17.7 Å². The molecule has 0 saturated heterocycles. The molecule has 2 rings (SSSR count). The Labute approximate surface area is 122 Å². The predicted octanol–water partition coefficient (Wildman–Crippen LogP) is 0.0198. The van der Waals surface area contributed by atoms with E-state index in [2.05, 4.69) is 17.3 Å². The van der Waals surface area contributed by atoms with Gasteiger partial charge in [0.05, 0.1) is 6.04 Å². The molecule has 2 aromatic rings. The van der Waals surface area contributed by atoms with Crippen molar-refractivity contribution in [2.24, 2.45) is 14.1 Å². The van der Waals surface area contributed by atoms with Gasteiger partial charge in [-0.05, 0) is 19.9 Å². The van der Waals surface area contributed by atoms with Crippen LogP contribution in [0, 0.1) is 0 Å². The summed E-state index contributed by atoms with van der Waals surface area (Å²) in [6, 6.07) is 3.68. The summed E-state index contributed by atoms with van der Waals surface area (Å²) in [4.78, 5) is 23.5. The van der Waals surface area contributed by atoms with Gasteiger partial charge in [-0.2, -0.15) is 5.10 Å². The van der Waals surface area contributed by atoms with Crippen LogP contribution in [-0.2, 0) is 20.6 Å². The number of nitrogens with zero attached hydrogens (tertiary/aromatic N) is 4. The van der Waals surface area contributed by atoms with Crippen molar-refractivity contribution in [3.05, 3.63) is 51.1 Å². The van der Waals surface area contributed by atoms with E-state index in [9.17, 15) is 9.59 Å². The van der Waals surface area contributed by atoms with Gasteiger partial charge in [-0.15, -0.1) is 0 Å². The van der Waals surface area contributed by atoms with E-state index in [0.717, 1.165) is 4.57 Å². The average Bonchev–Trinajstić information content (AvgIpc) is 3.00. The maximum absolute atomic E-state index is 11.9. The minimum Gasteiger partial charge on any atom is -0.307 e. The summed E-state index contributed by atoms with van der Waals surface area (Å²) in [5.74, 6) is 0. The Morgan fingerprint density at radius 1 is 1.24 bits per heavy atom. The fourth-order valence-corrected chi connectivity index (χ4v) is 2.13. The molecular formula is C14H21N5O2. The minimum atomic E-state index is -0.313. The summed E-state index contributed by atoms with van der Waals surface area (Å²) in [5, 5.41) is 7.55. The quantitative estimate of drug-likeness (QED) is 0.843. The van der Waals surface area contributed by atoms with Gasteiger partial charge < -0.3 is 5.32 Å². The number of hydrogen-bond donors (Lipinski definition) is 1. The van der Waals surface area contributed by atoms with Crippen molar-refractivity contribution >= 4 is 0 Å². The van der Waals surface area contributed by atoms with E-state index >= 15 is 0 Å². The molecule has 0 aliphatic heterocycles. The second kappa shape index (κ2) is 6.09. The van der Waals surface area contributed by atoms with Crippen LogP contribution in [-0.4, -0.2) is 25.0 Å². The zero-order chi connectivity index (χ0) is 15.6. The largest absolute Gasteiger partial charge is 0.330 e. The highest BCUT2D eigenvalue weighted by molar-refractivity contribution is 5.02. The van der Waals surface area contributed by atoms with Crippen LogP contribution in [0.4, 0.5) is 0 Å². The molecule has 7 heteroatoms. The topological polar surface area (TPSA) is 73.8 Å². The van der Waals surface area contributed by atoms with Crippen LogP contribution in [0.5, 0.6) is 0 Å². The lowest BCUT2D eigenvalue weighted by molar-refractivity contribution is 0.361. The summed E-state index contributed by atoms with van der Waals surface area (Å²) >= 11 is 0. The summed E-state index contributed by atoms with van der Waals surface area (Å²) < 4.78 is 4.46. The molecule has 0 radical (unpaired) electrons. The van der Waals surface area contributed by atoms with E-state index < -0.39 is 0 Å². The molecule has 2 atom stereocenters. The lowest BCUT2D eigenvalue weighted by Crippen LogP contribution is -2.40. The third kappa shape index (κ3) is 3.13. The van der Waals surface area contributed by atoms with Crippen LogP contribution < -0.4 is 16.6 Å². The summed E-state index contributed by atoms with van der Waals surface area (Å²) in [6.07, 6.45) is 3.66. The fraction of sp³-hybridized carbons (Fsp3) is 0.500. The Balaban J connectivity index is 2.10. The average molecular weight is 291 g/mol. The van der Waals surface area contributed by atoms with E-state index in [4.69, 9.17) is 0 Å². The molecule has 0 spiro atoms. The van der Waals surface area contributed by atoms with E-state index in [1.807, 2.05) is 23.9 Å². The van der Waals surface area contributed by atoms with Gasteiger partial charge in [-0.3, -0.25) is 18.6 Å². The summed E-state index contributed by atoms with van der Waals surface area (Å²) in [5.41, 5.74) is 0.0670.